The van der Waals surface area contributed by atoms with Gasteiger partial charge in [0.1, 0.15) is 5.82 Å². The summed E-state index contributed by atoms with van der Waals surface area (Å²) in [5.41, 5.74) is 9.54. The van der Waals surface area contributed by atoms with Gasteiger partial charge in [-0.1, -0.05) is 19.4 Å². The Bertz CT molecular complexity index is 1260. The lowest BCUT2D eigenvalue weighted by atomic mass is 10.1. The molecule has 3 N–H and O–H groups in total. The zero-order valence-corrected chi connectivity index (χ0v) is 21.6. The van der Waals surface area contributed by atoms with Crippen molar-refractivity contribution >= 4 is 29.1 Å². The predicted octanol–water partition coefficient (Wildman–Crippen LogP) is 1.81. The summed E-state index contributed by atoms with van der Waals surface area (Å²) in [7, 11) is 3.81. The molecule has 1 atom stereocenters. The summed E-state index contributed by atoms with van der Waals surface area (Å²) in [6.07, 6.45) is 5.66. The van der Waals surface area contributed by atoms with Crippen LogP contribution in [0.5, 0.6) is 0 Å². The van der Waals surface area contributed by atoms with Gasteiger partial charge in [0.05, 0.1) is 18.4 Å². The van der Waals surface area contributed by atoms with Gasteiger partial charge in [0, 0.05) is 47.6 Å². The molecule has 11 nitrogen and oxygen atoms in total. The molecule has 0 saturated carbocycles. The number of carbonyl (C=O) groups excluding carboxylic acids is 1. The number of hydrogen-bond acceptors (Lipinski definition) is 9. The van der Waals surface area contributed by atoms with Crippen LogP contribution in [-0.4, -0.2) is 93.1 Å². The number of pyridine rings is 1. The van der Waals surface area contributed by atoms with Gasteiger partial charge in [-0.2, -0.15) is 4.98 Å². The van der Waals surface area contributed by atoms with E-state index in [-0.39, 0.29) is 17.7 Å². The molecule has 1 amide bonds. The lowest BCUT2D eigenvalue weighted by Gasteiger charge is -2.36. The molecule has 0 spiro atoms. The zero-order valence-electron chi connectivity index (χ0n) is 23.6. The van der Waals surface area contributed by atoms with Gasteiger partial charge in [-0.25, -0.2) is 14.5 Å². The number of carbonyl (C=O) groups is 1. The predicted molar refractivity (Wildman–Crippen MR) is 142 cm³/mol. The highest BCUT2D eigenvalue weighted by Gasteiger charge is 2.23. The number of piperazine rings is 1. The standard InChI is InChI=1S/C25H38N10O/c1-6-7-18(3)29-25-30-22(26)24-28-15-20(35(24)31-25)13-19-12-17(2)23(27-14-19)34-10-8-33(9-11-34)21(36)16-32(4)5/h12,14-15,18H,6-11,13,16H2,1-5H3,(H3,26,29,30,31)/t18-/m0/s1/i3D2. The van der Waals surface area contributed by atoms with Crippen LogP contribution in [0.25, 0.3) is 5.65 Å². The minimum Gasteiger partial charge on any atom is -0.380 e. The number of imidazole rings is 1. The second kappa shape index (κ2) is 11.1. The summed E-state index contributed by atoms with van der Waals surface area (Å²) in [5, 5.41) is 7.67. The Labute approximate surface area is 215 Å². The Morgan fingerprint density at radius 1 is 1.25 bits per heavy atom. The van der Waals surface area contributed by atoms with E-state index in [1.807, 2.05) is 37.0 Å². The van der Waals surface area contributed by atoms with E-state index in [0.29, 0.717) is 38.1 Å². The number of amides is 1. The summed E-state index contributed by atoms with van der Waals surface area (Å²) in [4.78, 5) is 31.9. The van der Waals surface area contributed by atoms with E-state index in [0.717, 1.165) is 42.1 Å². The maximum atomic E-state index is 12.4. The number of nitrogen functional groups attached to an aromatic ring is 1. The molecule has 0 bridgehead atoms. The average molecular weight is 497 g/mol. The normalized spacial score (nSPS) is 15.9. The van der Waals surface area contributed by atoms with E-state index < -0.39 is 12.9 Å². The maximum Gasteiger partial charge on any atom is 0.243 e. The SMILES string of the molecule is [2H]C([2H])[C@@H](CCC)Nc1nc(N)c2ncc(Cc3cnc(N4CCN(C(=O)CN(C)C)CC4)c(C)c3)n2n1. The fraction of sp³-hybridized carbons (Fsp3) is 0.560. The van der Waals surface area contributed by atoms with E-state index in [4.69, 9.17) is 13.5 Å². The van der Waals surface area contributed by atoms with Crippen LogP contribution in [0.3, 0.4) is 0 Å². The monoisotopic (exact) mass is 496 g/mol. The van der Waals surface area contributed by atoms with Crippen molar-refractivity contribution in [3.05, 3.63) is 35.3 Å². The number of rotatable bonds is 9. The first-order valence-corrected chi connectivity index (χ1v) is 12.4. The Hall–Kier alpha value is -3.47. The molecule has 4 rings (SSSR count). The van der Waals surface area contributed by atoms with Gasteiger partial charge in [0.15, 0.2) is 11.5 Å². The Morgan fingerprint density at radius 3 is 2.69 bits per heavy atom. The highest BCUT2D eigenvalue weighted by atomic mass is 16.2. The lowest BCUT2D eigenvalue weighted by molar-refractivity contribution is -0.132. The van der Waals surface area contributed by atoms with Gasteiger partial charge in [-0.05, 0) is 45.4 Å². The summed E-state index contributed by atoms with van der Waals surface area (Å²) in [6.45, 7) is 6.33. The summed E-state index contributed by atoms with van der Waals surface area (Å²) < 4.78 is 17.3. The second-order valence-electron chi connectivity index (χ2n) is 9.61. The van der Waals surface area contributed by atoms with Crippen LogP contribution in [0, 0.1) is 6.92 Å². The van der Waals surface area contributed by atoms with Gasteiger partial charge < -0.3 is 25.8 Å². The highest BCUT2D eigenvalue weighted by Crippen LogP contribution is 2.22. The summed E-state index contributed by atoms with van der Waals surface area (Å²) in [6, 6.07) is 1.73. The first kappa shape index (κ1) is 23.0. The highest BCUT2D eigenvalue weighted by molar-refractivity contribution is 5.78. The maximum absolute atomic E-state index is 12.4. The Kier molecular flexibility index (Phi) is 7.06. The minimum absolute atomic E-state index is 0.158. The number of aromatic nitrogens is 5. The number of aryl methyl sites for hydroxylation is 1. The van der Waals surface area contributed by atoms with Crippen molar-refractivity contribution in [1.29, 1.82) is 0 Å². The Morgan fingerprint density at radius 2 is 2.03 bits per heavy atom. The molecule has 4 heterocycles. The summed E-state index contributed by atoms with van der Waals surface area (Å²) >= 11 is 0. The smallest absolute Gasteiger partial charge is 0.243 e. The third-order valence-corrected chi connectivity index (χ3v) is 6.25. The van der Waals surface area contributed by atoms with Crippen LogP contribution in [0.15, 0.2) is 18.5 Å². The van der Waals surface area contributed by atoms with Crippen molar-refractivity contribution < 1.29 is 7.54 Å². The molecule has 0 unspecified atom stereocenters. The summed E-state index contributed by atoms with van der Waals surface area (Å²) in [5.74, 6) is 1.62. The molecule has 1 saturated heterocycles. The molecule has 3 aromatic rings. The molecule has 1 aliphatic heterocycles. The number of nitrogens with one attached hydrogen (secondary N) is 1. The molecule has 1 aliphatic rings. The lowest BCUT2D eigenvalue weighted by Crippen LogP contribution is -2.51. The third-order valence-electron chi connectivity index (χ3n) is 6.25. The number of nitrogens with two attached hydrogens (primary N) is 1. The van der Waals surface area contributed by atoms with Crippen molar-refractivity contribution in [2.24, 2.45) is 0 Å². The van der Waals surface area contributed by atoms with Crippen LogP contribution < -0.4 is 16.0 Å². The number of hydrogen-bond donors (Lipinski definition) is 2. The molecule has 0 aromatic carbocycles. The van der Waals surface area contributed by atoms with Crippen molar-refractivity contribution in [2.45, 2.75) is 46.0 Å². The van der Waals surface area contributed by atoms with E-state index in [1.165, 1.54) is 0 Å². The van der Waals surface area contributed by atoms with Crippen LogP contribution in [0.2, 0.25) is 0 Å². The van der Waals surface area contributed by atoms with Gasteiger partial charge in [-0.3, -0.25) is 4.79 Å². The number of nitrogens with zero attached hydrogens (tertiary/aromatic N) is 8. The molecular weight excluding hydrogens is 456 g/mol. The van der Waals surface area contributed by atoms with Crippen LogP contribution in [0.4, 0.5) is 17.6 Å². The first-order valence-electron chi connectivity index (χ1n) is 13.6. The molecule has 36 heavy (non-hydrogen) atoms. The zero-order chi connectivity index (χ0) is 27.4. The van der Waals surface area contributed by atoms with Crippen molar-refractivity contribution in [2.75, 3.05) is 62.8 Å². The average Bonchev–Trinajstić information content (AvgIpc) is 3.26. The van der Waals surface area contributed by atoms with E-state index in [2.05, 4.69) is 38.3 Å². The molecule has 1 fully saturated rings. The van der Waals surface area contributed by atoms with Crippen molar-refractivity contribution in [3.63, 3.8) is 0 Å². The molecule has 11 heteroatoms. The second-order valence-corrected chi connectivity index (χ2v) is 9.61. The third kappa shape index (κ3) is 5.84. The fourth-order valence-electron chi connectivity index (χ4n) is 4.48. The quantitative estimate of drug-likeness (QED) is 0.457. The van der Waals surface area contributed by atoms with E-state index >= 15 is 0 Å². The van der Waals surface area contributed by atoms with Gasteiger partial charge >= 0.3 is 0 Å². The van der Waals surface area contributed by atoms with Crippen molar-refractivity contribution in [3.8, 4) is 0 Å². The molecule has 0 radical (unpaired) electrons. The molecule has 0 aliphatic carbocycles. The van der Waals surface area contributed by atoms with Gasteiger partial charge in [0.25, 0.3) is 0 Å². The largest absolute Gasteiger partial charge is 0.380 e. The van der Waals surface area contributed by atoms with Gasteiger partial charge in [0.2, 0.25) is 11.9 Å². The van der Waals surface area contributed by atoms with E-state index in [9.17, 15) is 4.79 Å². The fourth-order valence-corrected chi connectivity index (χ4v) is 4.48. The van der Waals surface area contributed by atoms with Gasteiger partial charge in [-0.15, -0.1) is 5.10 Å². The molecular formula is C25H38N10O. The van der Waals surface area contributed by atoms with Crippen LogP contribution in [-0.2, 0) is 11.2 Å². The number of likely N-dealkylation sites (N-methyl/N-ethyl adjacent to an activating group) is 1. The Balaban J connectivity index is 1.47. The van der Waals surface area contributed by atoms with E-state index in [1.54, 1.807) is 10.7 Å². The number of anilines is 3. The first-order chi connectivity index (χ1) is 18.2. The van der Waals surface area contributed by atoms with Crippen LogP contribution in [0.1, 0.15) is 46.2 Å². The molecule has 3 aromatic heterocycles. The topological polar surface area (TPSA) is 121 Å². The minimum atomic E-state index is -1.05. The van der Waals surface area contributed by atoms with Crippen LogP contribution >= 0.6 is 0 Å². The van der Waals surface area contributed by atoms with Crippen molar-refractivity contribution in [1.82, 2.24) is 34.4 Å². The number of fused-ring (bicyclic) bond motifs is 1. The molecule has 194 valence electrons.